The molecule has 2 aliphatic heterocycles. The fraction of sp³-hybridized carbons (Fsp3) is 0.567. The molecule has 1 unspecified atom stereocenters. The van der Waals surface area contributed by atoms with E-state index in [1.807, 2.05) is 12.4 Å². The average molecular weight is 505 g/mol. The summed E-state index contributed by atoms with van der Waals surface area (Å²) in [5, 5.41) is 2.46. The lowest BCUT2D eigenvalue weighted by Crippen LogP contribution is -2.55. The number of nitrogens with zero attached hydrogens (tertiary/aromatic N) is 2. The Morgan fingerprint density at radius 1 is 1.11 bits per heavy atom. The molecule has 5 nitrogen and oxygen atoms in total. The van der Waals surface area contributed by atoms with Crippen molar-refractivity contribution >= 4 is 20.8 Å². The van der Waals surface area contributed by atoms with E-state index in [1.54, 1.807) is 11.4 Å². The van der Waals surface area contributed by atoms with Gasteiger partial charge in [-0.25, -0.2) is 12.7 Å². The Kier molecular flexibility index (Phi) is 4.83. The van der Waals surface area contributed by atoms with Crippen molar-refractivity contribution in [3.63, 3.8) is 0 Å². The first-order valence-corrected chi connectivity index (χ1v) is 15.4. The molecule has 2 aromatic rings. The molecule has 6 heteroatoms. The van der Waals surface area contributed by atoms with E-state index in [1.165, 1.54) is 46.6 Å². The minimum atomic E-state index is -3.22. The molecule has 2 bridgehead atoms. The van der Waals surface area contributed by atoms with Crippen LogP contribution in [0.2, 0.25) is 0 Å². The first kappa shape index (κ1) is 23.1. The lowest BCUT2D eigenvalue weighted by molar-refractivity contribution is -0.138. The third-order valence-corrected chi connectivity index (χ3v) is 12.1. The molecule has 1 saturated heterocycles. The molecule has 3 heterocycles. The van der Waals surface area contributed by atoms with Crippen molar-refractivity contribution in [2.75, 3.05) is 13.3 Å². The summed E-state index contributed by atoms with van der Waals surface area (Å²) >= 11 is 0. The summed E-state index contributed by atoms with van der Waals surface area (Å²) in [6.07, 6.45) is 18.2. The topological polar surface area (TPSA) is 59.5 Å². The predicted molar refractivity (Wildman–Crippen MR) is 142 cm³/mol. The van der Waals surface area contributed by atoms with Crippen LogP contribution in [0.15, 0.2) is 60.0 Å². The van der Waals surface area contributed by atoms with Crippen LogP contribution in [-0.2, 0) is 14.8 Å². The molecular formula is C30H36N2O3S. The van der Waals surface area contributed by atoms with Crippen LogP contribution >= 0.6 is 0 Å². The second-order valence-electron chi connectivity index (χ2n) is 12.4. The quantitative estimate of drug-likeness (QED) is 0.535. The zero-order valence-electron chi connectivity index (χ0n) is 21.5. The minimum absolute atomic E-state index is 0.00957. The molecule has 7 rings (SSSR count). The van der Waals surface area contributed by atoms with Crippen LogP contribution in [0.4, 0.5) is 0 Å². The normalized spacial score (nSPS) is 39.4. The molecule has 36 heavy (non-hydrogen) atoms. The predicted octanol–water partition coefficient (Wildman–Crippen LogP) is 5.74. The highest BCUT2D eigenvalue weighted by Gasteiger charge is 2.66. The van der Waals surface area contributed by atoms with E-state index in [0.29, 0.717) is 11.8 Å². The molecule has 3 aliphatic carbocycles. The number of sulfonamides is 1. The first-order chi connectivity index (χ1) is 17.1. The van der Waals surface area contributed by atoms with E-state index in [0.717, 1.165) is 38.5 Å². The molecule has 1 aromatic carbocycles. The Balaban J connectivity index is 1.25. The highest BCUT2D eigenvalue weighted by molar-refractivity contribution is 7.88. The van der Waals surface area contributed by atoms with Gasteiger partial charge in [0.2, 0.25) is 10.0 Å². The number of aromatic nitrogens is 1. The maximum Gasteiger partial charge on any atom is 0.211 e. The summed E-state index contributed by atoms with van der Waals surface area (Å²) in [6.45, 7) is 2.50. The SMILES string of the molecule is CN([C@H]1CCC2=CC3=CC[C@]4(C)[C@@H](c5ccc6ccncc6c5)CC[C@H]4[C@@]34CCC2(C1)O4)S(C)(=O)=O. The molecule has 6 atom stereocenters. The minimum Gasteiger partial charge on any atom is -0.359 e. The second-order valence-corrected chi connectivity index (χ2v) is 14.4. The number of benzene rings is 1. The van der Waals surface area contributed by atoms with Crippen LogP contribution in [0.25, 0.3) is 10.8 Å². The summed E-state index contributed by atoms with van der Waals surface area (Å²) < 4.78 is 33.6. The van der Waals surface area contributed by atoms with Crippen molar-refractivity contribution in [1.82, 2.24) is 9.29 Å². The van der Waals surface area contributed by atoms with Gasteiger partial charge >= 0.3 is 0 Å². The van der Waals surface area contributed by atoms with Crippen LogP contribution in [0.5, 0.6) is 0 Å². The van der Waals surface area contributed by atoms with Gasteiger partial charge in [0.05, 0.1) is 17.5 Å². The van der Waals surface area contributed by atoms with Gasteiger partial charge in [0.25, 0.3) is 0 Å². The maximum absolute atomic E-state index is 12.3. The number of pyridine rings is 1. The van der Waals surface area contributed by atoms with Gasteiger partial charge < -0.3 is 4.74 Å². The molecular weight excluding hydrogens is 468 g/mol. The van der Waals surface area contributed by atoms with Gasteiger partial charge in [-0.1, -0.05) is 31.2 Å². The highest BCUT2D eigenvalue weighted by atomic mass is 32.2. The van der Waals surface area contributed by atoms with Crippen molar-refractivity contribution in [3.8, 4) is 0 Å². The molecule has 0 amide bonds. The van der Waals surface area contributed by atoms with Gasteiger partial charge in [0.1, 0.15) is 0 Å². The first-order valence-electron chi connectivity index (χ1n) is 13.5. The van der Waals surface area contributed by atoms with Gasteiger partial charge in [-0.05, 0) is 103 Å². The summed E-state index contributed by atoms with van der Waals surface area (Å²) in [7, 11) is -1.48. The van der Waals surface area contributed by atoms with Gasteiger partial charge in [-0.15, -0.1) is 0 Å². The summed E-state index contributed by atoms with van der Waals surface area (Å²) in [6, 6.07) is 9.04. The molecule has 3 fully saturated rings. The smallest absolute Gasteiger partial charge is 0.211 e. The monoisotopic (exact) mass is 504 g/mol. The van der Waals surface area contributed by atoms with E-state index >= 15 is 0 Å². The molecule has 0 radical (unpaired) electrons. The second kappa shape index (κ2) is 7.52. The Morgan fingerprint density at radius 2 is 1.97 bits per heavy atom. The van der Waals surface area contributed by atoms with E-state index in [4.69, 9.17) is 4.74 Å². The van der Waals surface area contributed by atoms with Crippen LogP contribution < -0.4 is 0 Å². The molecule has 1 aromatic heterocycles. The fourth-order valence-electron chi connectivity index (χ4n) is 8.83. The van der Waals surface area contributed by atoms with Gasteiger partial charge in [-0.3, -0.25) is 4.98 Å². The van der Waals surface area contributed by atoms with Crippen molar-refractivity contribution in [2.24, 2.45) is 11.3 Å². The van der Waals surface area contributed by atoms with Gasteiger partial charge in [0, 0.05) is 30.9 Å². The number of allylic oxidation sites excluding steroid dienone is 1. The van der Waals surface area contributed by atoms with E-state index < -0.39 is 10.0 Å². The highest BCUT2D eigenvalue weighted by Crippen LogP contribution is 2.69. The molecule has 5 aliphatic rings. The average Bonchev–Trinajstić information content (AvgIpc) is 3.37. The Hall–Kier alpha value is -2.02. The fourth-order valence-corrected chi connectivity index (χ4v) is 9.55. The summed E-state index contributed by atoms with van der Waals surface area (Å²) in [5.41, 5.74) is 3.86. The number of ether oxygens (including phenoxy) is 1. The summed E-state index contributed by atoms with van der Waals surface area (Å²) in [5.74, 6) is 0.977. The summed E-state index contributed by atoms with van der Waals surface area (Å²) in [4.78, 5) is 4.36. The largest absolute Gasteiger partial charge is 0.359 e. The van der Waals surface area contributed by atoms with Crippen LogP contribution in [0.3, 0.4) is 0 Å². The van der Waals surface area contributed by atoms with Crippen molar-refractivity contribution in [3.05, 3.63) is 65.5 Å². The third kappa shape index (κ3) is 3.07. The molecule has 2 spiro atoms. The maximum atomic E-state index is 12.3. The van der Waals surface area contributed by atoms with Crippen molar-refractivity contribution < 1.29 is 13.2 Å². The van der Waals surface area contributed by atoms with E-state index in [-0.39, 0.29) is 22.7 Å². The van der Waals surface area contributed by atoms with Gasteiger partial charge in [-0.2, -0.15) is 0 Å². The van der Waals surface area contributed by atoms with Gasteiger partial charge in [0.15, 0.2) is 0 Å². The van der Waals surface area contributed by atoms with Crippen LogP contribution in [0.1, 0.15) is 69.8 Å². The third-order valence-electron chi connectivity index (χ3n) is 10.8. The lowest BCUT2D eigenvalue weighted by Gasteiger charge is -2.54. The Morgan fingerprint density at radius 3 is 2.81 bits per heavy atom. The van der Waals surface area contributed by atoms with Crippen LogP contribution in [0, 0.1) is 11.3 Å². The zero-order chi connectivity index (χ0) is 24.9. The number of hydrogen-bond donors (Lipinski definition) is 0. The zero-order valence-corrected chi connectivity index (χ0v) is 22.4. The van der Waals surface area contributed by atoms with Crippen molar-refractivity contribution in [2.45, 2.75) is 81.5 Å². The van der Waals surface area contributed by atoms with E-state index in [9.17, 15) is 8.42 Å². The molecule has 2 saturated carbocycles. The number of hydrogen-bond acceptors (Lipinski definition) is 4. The Labute approximate surface area is 214 Å². The van der Waals surface area contributed by atoms with Crippen LogP contribution in [-0.4, -0.2) is 48.3 Å². The number of fused-ring (bicyclic) bond motifs is 2. The Bertz CT molecular complexity index is 1430. The van der Waals surface area contributed by atoms with Crippen molar-refractivity contribution in [1.29, 1.82) is 0 Å². The standard InChI is InChI=1S/C30H36N2O3S/c1-28-12-10-24-17-23-6-7-25(32(2)36(3,33)34)18-29(23)13-14-30(24,35-29)27(28)9-8-26(28)21-5-4-20-11-15-31-19-22(20)16-21/h4-5,10-11,15-17,19,25-27H,6-9,12-14,18H2,1-3H3/t25-,26+,27+,28+,29?,30+/m0/s1. The van der Waals surface area contributed by atoms with E-state index in [2.05, 4.69) is 48.3 Å². The number of rotatable bonds is 3. The molecule has 0 N–H and O–H groups in total. The lowest BCUT2D eigenvalue weighted by atomic mass is 9.58. The molecule has 190 valence electrons.